The van der Waals surface area contributed by atoms with Gasteiger partial charge in [0, 0.05) is 22.3 Å². The molecule has 3 saturated heterocycles. The number of amides is 3. The van der Waals surface area contributed by atoms with Crippen LogP contribution in [0, 0.1) is 11.8 Å². The number of anilines is 2. The number of fused-ring (bicyclic) bond motifs is 7. The Morgan fingerprint density at radius 3 is 2.63 bits per heavy atom. The molecule has 0 saturated carbocycles. The Morgan fingerprint density at radius 2 is 1.83 bits per heavy atom. The predicted octanol–water partition coefficient (Wildman–Crippen LogP) is 3.42. The van der Waals surface area contributed by atoms with Gasteiger partial charge in [-0.1, -0.05) is 41.4 Å². The topological polar surface area (TPSA) is 69.7 Å². The zero-order valence-electron chi connectivity index (χ0n) is 15.8. The Balaban J connectivity index is 1.56. The molecule has 152 valence electrons. The van der Waals surface area contributed by atoms with Gasteiger partial charge in [-0.15, -0.1) is 0 Å². The summed E-state index contributed by atoms with van der Waals surface area (Å²) in [7, 11) is 0. The van der Waals surface area contributed by atoms with Crippen molar-refractivity contribution in [2.24, 2.45) is 11.8 Å². The maximum Gasteiger partial charge on any atom is 0.250 e. The van der Waals surface area contributed by atoms with E-state index >= 15 is 0 Å². The molecule has 0 radical (unpaired) electrons. The molecule has 0 bridgehead atoms. The largest absolute Gasteiger partial charge is 0.324 e. The van der Waals surface area contributed by atoms with Gasteiger partial charge in [0.2, 0.25) is 17.7 Å². The SMILES string of the molecule is O=C1[C@@H]2[C@@H]3CCCN3[C@@]3(C(=O)Nc4ccccc43)[C@H]2C(=O)N1c1ccc(Cl)cc1Cl. The van der Waals surface area contributed by atoms with Gasteiger partial charge in [0.15, 0.2) is 0 Å². The van der Waals surface area contributed by atoms with Crippen LogP contribution in [0.4, 0.5) is 11.4 Å². The molecule has 8 heteroatoms. The summed E-state index contributed by atoms with van der Waals surface area (Å²) in [5.41, 5.74) is 0.636. The zero-order valence-corrected chi connectivity index (χ0v) is 17.3. The Morgan fingerprint density at radius 1 is 1.03 bits per heavy atom. The van der Waals surface area contributed by atoms with Crippen LogP contribution in [-0.4, -0.2) is 35.2 Å². The summed E-state index contributed by atoms with van der Waals surface area (Å²) >= 11 is 12.4. The first-order valence-corrected chi connectivity index (χ1v) is 10.7. The Hall–Kier alpha value is -2.41. The van der Waals surface area contributed by atoms with Crippen LogP contribution >= 0.6 is 23.2 Å². The fraction of sp³-hybridized carbons (Fsp3) is 0.318. The summed E-state index contributed by atoms with van der Waals surface area (Å²) < 4.78 is 0. The molecule has 2 aromatic carbocycles. The van der Waals surface area contributed by atoms with Crippen molar-refractivity contribution < 1.29 is 14.4 Å². The summed E-state index contributed by atoms with van der Waals surface area (Å²) in [5.74, 6) is -2.27. The molecule has 4 heterocycles. The molecule has 4 atom stereocenters. The number of imide groups is 1. The molecule has 0 aromatic heterocycles. The molecule has 3 amide bonds. The third-order valence-electron chi connectivity index (χ3n) is 7.05. The van der Waals surface area contributed by atoms with Crippen LogP contribution in [0.15, 0.2) is 42.5 Å². The first kappa shape index (κ1) is 18.4. The van der Waals surface area contributed by atoms with E-state index in [9.17, 15) is 14.4 Å². The molecule has 2 aromatic rings. The first-order valence-electron chi connectivity index (χ1n) is 9.97. The van der Waals surface area contributed by atoms with E-state index in [1.54, 1.807) is 12.1 Å². The number of halogens is 2. The Labute approximate surface area is 182 Å². The van der Waals surface area contributed by atoms with Crippen molar-refractivity contribution in [3.05, 3.63) is 58.1 Å². The monoisotopic (exact) mass is 441 g/mol. The number of nitrogens with zero attached hydrogens (tertiary/aromatic N) is 2. The van der Waals surface area contributed by atoms with Crippen LogP contribution in [-0.2, 0) is 19.9 Å². The van der Waals surface area contributed by atoms with E-state index in [4.69, 9.17) is 23.2 Å². The van der Waals surface area contributed by atoms with Gasteiger partial charge in [0.1, 0.15) is 5.54 Å². The molecule has 1 spiro atoms. The third-order valence-corrected chi connectivity index (χ3v) is 7.59. The van der Waals surface area contributed by atoms with Gasteiger partial charge in [-0.25, -0.2) is 4.90 Å². The molecular weight excluding hydrogens is 425 g/mol. The Kier molecular flexibility index (Phi) is 3.71. The summed E-state index contributed by atoms with van der Waals surface area (Å²) in [6.45, 7) is 0.682. The highest BCUT2D eigenvalue weighted by Gasteiger charge is 2.74. The molecule has 6 nitrogen and oxygen atoms in total. The van der Waals surface area contributed by atoms with Gasteiger partial charge in [-0.3, -0.25) is 19.3 Å². The van der Waals surface area contributed by atoms with Crippen molar-refractivity contribution in [3.63, 3.8) is 0 Å². The smallest absolute Gasteiger partial charge is 0.250 e. The Bertz CT molecular complexity index is 1150. The van der Waals surface area contributed by atoms with Gasteiger partial charge in [-0.2, -0.15) is 0 Å². The second-order valence-electron chi connectivity index (χ2n) is 8.28. The third kappa shape index (κ3) is 2.02. The number of rotatable bonds is 1. The predicted molar refractivity (Wildman–Crippen MR) is 112 cm³/mol. The van der Waals surface area contributed by atoms with E-state index < -0.39 is 17.4 Å². The quantitative estimate of drug-likeness (QED) is 0.688. The maximum atomic E-state index is 13.8. The number of carbonyl (C=O) groups is 3. The van der Waals surface area contributed by atoms with Gasteiger partial charge in [-0.05, 0) is 43.7 Å². The fourth-order valence-electron chi connectivity index (χ4n) is 6.06. The summed E-state index contributed by atoms with van der Waals surface area (Å²) in [4.78, 5) is 44.1. The van der Waals surface area contributed by atoms with Crippen LogP contribution in [0.2, 0.25) is 10.0 Å². The summed E-state index contributed by atoms with van der Waals surface area (Å²) in [5, 5.41) is 3.61. The molecule has 6 rings (SSSR count). The van der Waals surface area contributed by atoms with E-state index in [1.165, 1.54) is 11.0 Å². The lowest BCUT2D eigenvalue weighted by Gasteiger charge is -2.36. The minimum absolute atomic E-state index is 0.153. The second-order valence-corrected chi connectivity index (χ2v) is 9.12. The molecule has 4 aliphatic rings. The van der Waals surface area contributed by atoms with E-state index in [2.05, 4.69) is 10.2 Å². The van der Waals surface area contributed by atoms with Crippen LogP contribution < -0.4 is 10.2 Å². The van der Waals surface area contributed by atoms with Crippen molar-refractivity contribution in [3.8, 4) is 0 Å². The summed E-state index contributed by atoms with van der Waals surface area (Å²) in [6, 6.07) is 12.0. The molecule has 0 unspecified atom stereocenters. The number of hydrogen-bond donors (Lipinski definition) is 1. The molecule has 1 N–H and O–H groups in total. The first-order chi connectivity index (χ1) is 14.5. The van der Waals surface area contributed by atoms with Crippen LogP contribution in [0.5, 0.6) is 0 Å². The molecule has 3 fully saturated rings. The van der Waals surface area contributed by atoms with Crippen molar-refractivity contribution >= 4 is 52.3 Å². The normalized spacial score (nSPS) is 32.0. The second kappa shape index (κ2) is 6.06. The van der Waals surface area contributed by atoms with E-state index in [-0.39, 0.29) is 28.8 Å². The van der Waals surface area contributed by atoms with E-state index in [0.717, 1.165) is 18.4 Å². The number of carbonyl (C=O) groups excluding carboxylic acids is 3. The minimum Gasteiger partial charge on any atom is -0.324 e. The lowest BCUT2D eigenvalue weighted by atomic mass is 9.75. The lowest BCUT2D eigenvalue weighted by molar-refractivity contribution is -0.135. The molecule has 0 aliphatic carbocycles. The highest BCUT2D eigenvalue weighted by atomic mass is 35.5. The average molecular weight is 442 g/mol. The van der Waals surface area contributed by atoms with Gasteiger partial charge < -0.3 is 5.32 Å². The number of benzene rings is 2. The van der Waals surface area contributed by atoms with E-state index in [1.807, 2.05) is 24.3 Å². The van der Waals surface area contributed by atoms with Crippen LogP contribution in [0.3, 0.4) is 0 Å². The highest BCUT2D eigenvalue weighted by Crippen LogP contribution is 2.60. The standard InChI is InChI=1S/C22H17Cl2N3O3/c23-11-7-8-15(13(24)10-11)27-19(28)17-16-6-3-9-26(16)22(18(17)20(27)29)12-4-1-2-5-14(12)25-21(22)30/h1-2,4-5,7-8,10,16-18H,3,6,9H2,(H,25,30)/t16-,17+,18+,22+/m0/s1. The maximum absolute atomic E-state index is 13.8. The van der Waals surface area contributed by atoms with Crippen molar-refractivity contribution in [1.82, 2.24) is 4.90 Å². The van der Waals surface area contributed by atoms with Gasteiger partial charge in [0.05, 0.1) is 22.5 Å². The van der Waals surface area contributed by atoms with Crippen molar-refractivity contribution in [2.75, 3.05) is 16.8 Å². The van der Waals surface area contributed by atoms with Crippen LogP contribution in [0.25, 0.3) is 0 Å². The van der Waals surface area contributed by atoms with Crippen molar-refractivity contribution in [2.45, 2.75) is 24.4 Å². The highest BCUT2D eigenvalue weighted by molar-refractivity contribution is 6.38. The zero-order chi connectivity index (χ0) is 20.8. The van der Waals surface area contributed by atoms with Gasteiger partial charge >= 0.3 is 0 Å². The molecular formula is C22H17Cl2N3O3. The molecule has 4 aliphatic heterocycles. The van der Waals surface area contributed by atoms with Crippen LogP contribution in [0.1, 0.15) is 18.4 Å². The summed E-state index contributed by atoms with van der Waals surface area (Å²) in [6.07, 6.45) is 1.66. The van der Waals surface area contributed by atoms with E-state index in [0.29, 0.717) is 22.9 Å². The van der Waals surface area contributed by atoms with Crippen molar-refractivity contribution in [1.29, 1.82) is 0 Å². The lowest BCUT2D eigenvalue weighted by Crippen LogP contribution is -2.54. The van der Waals surface area contributed by atoms with Gasteiger partial charge in [0.25, 0.3) is 0 Å². The number of nitrogens with one attached hydrogen (secondary N) is 1. The number of hydrogen-bond acceptors (Lipinski definition) is 4. The molecule has 30 heavy (non-hydrogen) atoms. The average Bonchev–Trinajstić information content (AvgIpc) is 3.41. The number of para-hydroxylation sites is 1. The fourth-order valence-corrected chi connectivity index (χ4v) is 6.55. The minimum atomic E-state index is -1.16.